The molecule has 27 heavy (non-hydrogen) atoms. The van der Waals surface area contributed by atoms with Crippen LogP contribution in [0.3, 0.4) is 0 Å². The van der Waals surface area contributed by atoms with Gasteiger partial charge in [-0.2, -0.15) is 13.2 Å². The van der Waals surface area contributed by atoms with E-state index in [2.05, 4.69) is 0 Å². The van der Waals surface area contributed by atoms with Crippen molar-refractivity contribution < 1.29 is 22.8 Å². The zero-order valence-electron chi connectivity index (χ0n) is 15.3. The van der Waals surface area contributed by atoms with Crippen molar-refractivity contribution in [2.75, 3.05) is 0 Å². The second kappa shape index (κ2) is 7.02. The standard InChI is InChI=1S/C19H19F3N2O3/c1-9-7-10(2)16(12(4)25)11(3)14(9)8-24-15(19(20,21)22)6-5-13(17(23)26)18(24)27/h5-7H,8H2,1-4H3,(H2,23,26). The van der Waals surface area contributed by atoms with Crippen LogP contribution in [-0.4, -0.2) is 16.3 Å². The molecule has 1 heterocycles. The van der Waals surface area contributed by atoms with Crippen molar-refractivity contribution in [2.45, 2.75) is 40.4 Å². The van der Waals surface area contributed by atoms with Gasteiger partial charge in [-0.25, -0.2) is 0 Å². The Labute approximate surface area is 153 Å². The van der Waals surface area contributed by atoms with Gasteiger partial charge >= 0.3 is 6.18 Å². The van der Waals surface area contributed by atoms with E-state index in [1.807, 2.05) is 0 Å². The molecular formula is C19H19F3N2O3. The topological polar surface area (TPSA) is 82.2 Å². The first-order valence-corrected chi connectivity index (χ1v) is 8.07. The molecule has 0 atom stereocenters. The number of pyridine rings is 1. The Bertz CT molecular complexity index is 1000. The van der Waals surface area contributed by atoms with Gasteiger partial charge in [-0.05, 0) is 62.1 Å². The number of aromatic nitrogens is 1. The van der Waals surface area contributed by atoms with Gasteiger partial charge in [0.15, 0.2) is 5.78 Å². The van der Waals surface area contributed by atoms with Gasteiger partial charge < -0.3 is 5.73 Å². The monoisotopic (exact) mass is 380 g/mol. The molecule has 0 aliphatic heterocycles. The number of hydrogen-bond donors (Lipinski definition) is 1. The first-order valence-electron chi connectivity index (χ1n) is 8.07. The summed E-state index contributed by atoms with van der Waals surface area (Å²) in [7, 11) is 0. The molecule has 2 aromatic rings. The number of benzene rings is 1. The number of nitrogens with two attached hydrogens (primary N) is 1. The van der Waals surface area contributed by atoms with E-state index in [0.29, 0.717) is 38.5 Å². The van der Waals surface area contributed by atoms with Gasteiger partial charge in [-0.1, -0.05) is 6.07 Å². The van der Waals surface area contributed by atoms with Crippen LogP contribution < -0.4 is 11.3 Å². The number of ketones is 1. The number of alkyl halides is 3. The summed E-state index contributed by atoms with van der Waals surface area (Å²) in [5, 5.41) is 0. The third-order valence-electron chi connectivity index (χ3n) is 4.53. The van der Waals surface area contributed by atoms with Gasteiger partial charge in [-0.3, -0.25) is 19.0 Å². The molecule has 1 amide bonds. The van der Waals surface area contributed by atoms with E-state index in [4.69, 9.17) is 5.73 Å². The summed E-state index contributed by atoms with van der Waals surface area (Å²) in [6, 6.07) is 3.13. The second-order valence-electron chi connectivity index (χ2n) is 6.43. The number of carbonyl (C=O) groups is 2. The van der Waals surface area contributed by atoms with Crippen molar-refractivity contribution in [3.63, 3.8) is 0 Å². The summed E-state index contributed by atoms with van der Waals surface area (Å²) >= 11 is 0. The average Bonchev–Trinajstić information content (AvgIpc) is 2.50. The first-order chi connectivity index (χ1) is 12.4. The van der Waals surface area contributed by atoms with E-state index in [1.54, 1.807) is 26.8 Å². The molecule has 0 saturated heterocycles. The number of hydrogen-bond acceptors (Lipinski definition) is 3. The number of Topliss-reactive ketones (excluding diaryl/α,β-unsaturated/α-hetero) is 1. The van der Waals surface area contributed by atoms with Crippen molar-refractivity contribution in [3.8, 4) is 0 Å². The Kier molecular flexibility index (Phi) is 5.30. The Morgan fingerprint density at radius 1 is 1.11 bits per heavy atom. The molecule has 0 aliphatic rings. The van der Waals surface area contributed by atoms with Crippen molar-refractivity contribution in [3.05, 3.63) is 67.6 Å². The molecule has 0 bridgehead atoms. The average molecular weight is 380 g/mol. The van der Waals surface area contributed by atoms with Gasteiger partial charge in [0.05, 0.1) is 6.54 Å². The molecule has 2 rings (SSSR count). The molecule has 0 spiro atoms. The lowest BCUT2D eigenvalue weighted by Gasteiger charge is -2.20. The predicted molar refractivity (Wildman–Crippen MR) is 94.0 cm³/mol. The molecule has 5 nitrogen and oxygen atoms in total. The zero-order chi connectivity index (χ0) is 20.7. The zero-order valence-corrected chi connectivity index (χ0v) is 15.3. The minimum Gasteiger partial charge on any atom is -0.365 e. The van der Waals surface area contributed by atoms with Gasteiger partial charge in [0.2, 0.25) is 0 Å². The maximum atomic E-state index is 13.4. The Hall–Kier alpha value is -2.90. The molecule has 144 valence electrons. The van der Waals surface area contributed by atoms with Crippen LogP contribution in [0.1, 0.15) is 55.6 Å². The van der Waals surface area contributed by atoms with Crippen molar-refractivity contribution in [1.82, 2.24) is 4.57 Å². The van der Waals surface area contributed by atoms with Crippen LogP contribution in [0.15, 0.2) is 23.0 Å². The summed E-state index contributed by atoms with van der Waals surface area (Å²) in [6.07, 6.45) is -4.80. The van der Waals surface area contributed by atoms with Crippen LogP contribution in [0.4, 0.5) is 13.2 Å². The number of halogens is 3. The number of amides is 1. The third kappa shape index (κ3) is 3.79. The highest BCUT2D eigenvalue weighted by molar-refractivity contribution is 5.97. The summed E-state index contributed by atoms with van der Waals surface area (Å²) < 4.78 is 40.7. The number of rotatable bonds is 4. The van der Waals surface area contributed by atoms with Crippen molar-refractivity contribution >= 4 is 11.7 Å². The molecule has 0 radical (unpaired) electrons. The fraction of sp³-hybridized carbons (Fsp3) is 0.316. The Morgan fingerprint density at radius 3 is 2.19 bits per heavy atom. The lowest BCUT2D eigenvalue weighted by Crippen LogP contribution is -2.34. The number of nitrogens with zero attached hydrogens (tertiary/aromatic N) is 1. The maximum Gasteiger partial charge on any atom is 0.431 e. The van der Waals surface area contributed by atoms with E-state index < -0.39 is 35.4 Å². The van der Waals surface area contributed by atoms with Crippen LogP contribution >= 0.6 is 0 Å². The third-order valence-corrected chi connectivity index (χ3v) is 4.53. The normalized spacial score (nSPS) is 11.5. The van der Waals surface area contributed by atoms with Gasteiger partial charge in [0.1, 0.15) is 11.3 Å². The highest BCUT2D eigenvalue weighted by Crippen LogP contribution is 2.30. The summed E-state index contributed by atoms with van der Waals surface area (Å²) in [4.78, 5) is 35.8. The smallest absolute Gasteiger partial charge is 0.365 e. The van der Waals surface area contributed by atoms with E-state index in [0.717, 1.165) is 6.07 Å². The molecule has 0 unspecified atom stereocenters. The number of aryl methyl sites for hydroxylation is 2. The lowest BCUT2D eigenvalue weighted by atomic mass is 9.91. The molecule has 8 heteroatoms. The second-order valence-corrected chi connectivity index (χ2v) is 6.43. The van der Waals surface area contributed by atoms with Crippen LogP contribution in [0, 0.1) is 20.8 Å². The first kappa shape index (κ1) is 20.4. The Balaban J connectivity index is 2.80. The largest absolute Gasteiger partial charge is 0.431 e. The molecule has 1 aromatic heterocycles. The van der Waals surface area contributed by atoms with Gasteiger partial charge in [0.25, 0.3) is 11.5 Å². The van der Waals surface area contributed by atoms with Gasteiger partial charge in [-0.15, -0.1) is 0 Å². The highest BCUT2D eigenvalue weighted by atomic mass is 19.4. The molecule has 0 fully saturated rings. The minimum absolute atomic E-state index is 0.222. The van der Waals surface area contributed by atoms with Gasteiger partial charge in [0, 0.05) is 5.56 Å². The predicted octanol–water partition coefficient (Wildman–Crippen LogP) is 3.14. The highest BCUT2D eigenvalue weighted by Gasteiger charge is 2.35. The fourth-order valence-corrected chi connectivity index (χ4v) is 3.34. The molecule has 0 aliphatic carbocycles. The SMILES string of the molecule is CC(=O)c1c(C)cc(C)c(Cn2c(C(F)(F)F)ccc(C(N)=O)c2=O)c1C. The van der Waals surface area contributed by atoms with E-state index in [9.17, 15) is 27.6 Å². The lowest BCUT2D eigenvalue weighted by molar-refractivity contribution is -0.144. The number of primary amides is 1. The summed E-state index contributed by atoms with van der Waals surface area (Å²) in [5.41, 5.74) is 4.92. The quantitative estimate of drug-likeness (QED) is 0.828. The van der Waals surface area contributed by atoms with Crippen molar-refractivity contribution in [1.29, 1.82) is 0 Å². The van der Waals surface area contributed by atoms with Crippen LogP contribution in [0.5, 0.6) is 0 Å². The molecular weight excluding hydrogens is 361 g/mol. The molecule has 2 N–H and O–H groups in total. The van der Waals surface area contributed by atoms with E-state index in [-0.39, 0.29) is 5.78 Å². The van der Waals surface area contributed by atoms with Crippen LogP contribution in [0.25, 0.3) is 0 Å². The summed E-state index contributed by atoms with van der Waals surface area (Å²) in [5.74, 6) is -1.33. The minimum atomic E-state index is -4.80. The van der Waals surface area contributed by atoms with E-state index >= 15 is 0 Å². The number of carbonyl (C=O) groups excluding carboxylic acids is 2. The van der Waals surface area contributed by atoms with Crippen LogP contribution in [0.2, 0.25) is 0 Å². The fourth-order valence-electron chi connectivity index (χ4n) is 3.34. The maximum absolute atomic E-state index is 13.4. The Morgan fingerprint density at radius 2 is 1.70 bits per heavy atom. The molecule has 1 aromatic carbocycles. The van der Waals surface area contributed by atoms with Crippen molar-refractivity contribution in [2.24, 2.45) is 5.73 Å². The van der Waals surface area contributed by atoms with Crippen LogP contribution in [-0.2, 0) is 12.7 Å². The van der Waals surface area contributed by atoms with E-state index in [1.165, 1.54) is 6.92 Å². The summed E-state index contributed by atoms with van der Waals surface area (Å²) in [6.45, 7) is 5.99. The molecule has 0 saturated carbocycles.